The van der Waals surface area contributed by atoms with Gasteiger partial charge in [-0.1, -0.05) is 0 Å². The first-order chi connectivity index (χ1) is 12.5. The first kappa shape index (κ1) is 17.3. The molecule has 3 heterocycles. The summed E-state index contributed by atoms with van der Waals surface area (Å²) in [4.78, 5) is 20.1. The molecule has 2 aliphatic heterocycles. The molecule has 4 rings (SSSR count). The molecule has 1 aromatic heterocycles. The summed E-state index contributed by atoms with van der Waals surface area (Å²) in [6.45, 7) is 3.72. The smallest absolute Gasteiger partial charge is 0.333 e. The molecule has 0 radical (unpaired) electrons. The van der Waals surface area contributed by atoms with Crippen LogP contribution in [0.1, 0.15) is 31.7 Å². The minimum atomic E-state index is -0.950. The van der Waals surface area contributed by atoms with E-state index in [1.807, 2.05) is 16.8 Å². The van der Waals surface area contributed by atoms with E-state index in [1.165, 1.54) is 6.07 Å². The van der Waals surface area contributed by atoms with Crippen LogP contribution in [0.3, 0.4) is 0 Å². The fourth-order valence-electron chi connectivity index (χ4n) is 3.95. The molecule has 140 valence electrons. The van der Waals surface area contributed by atoms with Crippen molar-refractivity contribution in [3.8, 4) is 0 Å². The second-order valence-corrected chi connectivity index (χ2v) is 7.62. The average Bonchev–Trinajstić information content (AvgIpc) is 3.36. The first-order valence-electron chi connectivity index (χ1n) is 9.32. The number of carboxylic acid groups (broad SMARTS) is 1. The van der Waals surface area contributed by atoms with Gasteiger partial charge in [0.25, 0.3) is 0 Å². The number of carbonyl (C=O) groups is 1. The molecule has 6 nitrogen and oxygen atoms in total. The Labute approximate surface area is 152 Å². The fraction of sp³-hybridized carbons (Fsp3) is 0.579. The Kier molecular flexibility index (Phi) is 4.34. The zero-order chi connectivity index (χ0) is 18.4. The third kappa shape index (κ3) is 3.05. The largest absolute Gasteiger partial charge is 0.478 e. The van der Waals surface area contributed by atoms with Gasteiger partial charge in [0, 0.05) is 43.4 Å². The Morgan fingerprint density at radius 3 is 2.81 bits per heavy atom. The zero-order valence-electron chi connectivity index (χ0n) is 15.2. The summed E-state index contributed by atoms with van der Waals surface area (Å²) in [5.41, 5.74) is 0.958. The van der Waals surface area contributed by atoms with Crippen molar-refractivity contribution in [1.82, 2.24) is 10.3 Å². The van der Waals surface area contributed by atoms with Crippen molar-refractivity contribution >= 4 is 17.6 Å². The molecule has 0 amide bonds. The Morgan fingerprint density at radius 1 is 1.38 bits per heavy atom. The number of hydrogen-bond acceptors (Lipinski definition) is 5. The summed E-state index contributed by atoms with van der Waals surface area (Å²) in [6.07, 6.45) is 4.95. The topological polar surface area (TPSA) is 68.7 Å². The number of nitrogens with one attached hydrogen (secondary N) is 1. The maximum absolute atomic E-state index is 14.8. The van der Waals surface area contributed by atoms with Gasteiger partial charge in [0.05, 0.1) is 5.57 Å². The number of hydrogen-bond donors (Lipinski definition) is 2. The quantitative estimate of drug-likeness (QED) is 0.839. The zero-order valence-corrected chi connectivity index (χ0v) is 15.2. The van der Waals surface area contributed by atoms with E-state index < -0.39 is 5.97 Å². The van der Waals surface area contributed by atoms with Crippen molar-refractivity contribution in [3.63, 3.8) is 0 Å². The molecule has 1 saturated carbocycles. The van der Waals surface area contributed by atoms with Crippen molar-refractivity contribution in [1.29, 1.82) is 0 Å². The summed E-state index contributed by atoms with van der Waals surface area (Å²) in [5.74, 6) is 0.278. The van der Waals surface area contributed by atoms with E-state index in [9.17, 15) is 14.3 Å². The van der Waals surface area contributed by atoms with Crippen LogP contribution in [0.2, 0.25) is 0 Å². The Morgan fingerprint density at radius 2 is 2.15 bits per heavy atom. The minimum absolute atomic E-state index is 0.220. The van der Waals surface area contributed by atoms with E-state index in [0.717, 1.165) is 38.2 Å². The highest BCUT2D eigenvalue weighted by Gasteiger charge is 2.36. The number of aromatic nitrogens is 1. The highest BCUT2D eigenvalue weighted by Crippen LogP contribution is 2.39. The molecule has 2 unspecified atom stereocenters. The molecular formula is C19H25FN4O2. The van der Waals surface area contributed by atoms with E-state index in [-0.39, 0.29) is 18.3 Å². The predicted molar refractivity (Wildman–Crippen MR) is 98.0 cm³/mol. The van der Waals surface area contributed by atoms with E-state index in [1.54, 1.807) is 6.20 Å². The third-order valence-corrected chi connectivity index (χ3v) is 5.84. The van der Waals surface area contributed by atoms with Gasteiger partial charge in [-0.25, -0.2) is 14.2 Å². The van der Waals surface area contributed by atoms with Crippen LogP contribution < -0.4 is 15.1 Å². The van der Waals surface area contributed by atoms with Crippen molar-refractivity contribution in [3.05, 3.63) is 29.2 Å². The lowest BCUT2D eigenvalue weighted by Gasteiger charge is -2.29. The van der Waals surface area contributed by atoms with Gasteiger partial charge in [-0.2, -0.15) is 0 Å². The van der Waals surface area contributed by atoms with Crippen LogP contribution in [0.15, 0.2) is 17.8 Å². The summed E-state index contributed by atoms with van der Waals surface area (Å²) in [6, 6.07) is 2.15. The fourth-order valence-corrected chi connectivity index (χ4v) is 3.95. The lowest BCUT2D eigenvalue weighted by atomic mass is 10.0. The summed E-state index contributed by atoms with van der Waals surface area (Å²) in [5, 5.41) is 12.6. The van der Waals surface area contributed by atoms with Crippen LogP contribution in [-0.2, 0) is 11.2 Å². The molecule has 0 aromatic carbocycles. The number of nitrogens with zero attached hydrogens (tertiary/aromatic N) is 3. The standard InChI is InChI=1S/C19H25FN4O2/c1-11(21-2)12-5-6-23(9-12)18-16(20)8-13-7-14(19(25)26)10-24(15-3-4-15)17(13)22-18/h8,10-12,15,21H,3-7,9H2,1-2H3,(H,25,26). The molecule has 7 heteroatoms. The average molecular weight is 360 g/mol. The number of anilines is 2. The van der Waals surface area contributed by atoms with Gasteiger partial charge in [0.15, 0.2) is 11.6 Å². The molecule has 0 bridgehead atoms. The summed E-state index contributed by atoms with van der Waals surface area (Å²) in [7, 11) is 1.95. The lowest BCUT2D eigenvalue weighted by molar-refractivity contribution is -0.132. The number of aliphatic carboxylic acids is 1. The number of fused-ring (bicyclic) bond motifs is 1. The van der Waals surface area contributed by atoms with Gasteiger partial charge >= 0.3 is 5.97 Å². The second-order valence-electron chi connectivity index (χ2n) is 7.62. The number of rotatable bonds is 5. The van der Waals surface area contributed by atoms with Gasteiger partial charge in [-0.3, -0.25) is 0 Å². The van der Waals surface area contributed by atoms with Crippen LogP contribution in [0.25, 0.3) is 0 Å². The van der Waals surface area contributed by atoms with Crippen LogP contribution >= 0.6 is 0 Å². The number of halogens is 1. The van der Waals surface area contributed by atoms with Crippen molar-refractivity contribution in [2.75, 3.05) is 29.9 Å². The van der Waals surface area contributed by atoms with Crippen molar-refractivity contribution in [2.24, 2.45) is 5.92 Å². The summed E-state index contributed by atoms with van der Waals surface area (Å²) < 4.78 is 14.8. The Bertz CT molecular complexity index is 762. The van der Waals surface area contributed by atoms with Crippen LogP contribution in [-0.4, -0.2) is 48.3 Å². The molecule has 2 atom stereocenters. The maximum Gasteiger partial charge on any atom is 0.333 e. The van der Waals surface area contributed by atoms with E-state index in [4.69, 9.17) is 0 Å². The van der Waals surface area contributed by atoms with Gasteiger partial charge in [-0.05, 0) is 45.2 Å². The molecule has 3 aliphatic rings. The molecular weight excluding hydrogens is 335 g/mol. The van der Waals surface area contributed by atoms with Crippen LogP contribution in [0.4, 0.5) is 16.0 Å². The van der Waals surface area contributed by atoms with Crippen LogP contribution in [0, 0.1) is 11.7 Å². The second kappa shape index (κ2) is 6.54. The SMILES string of the molecule is CNC(C)C1CCN(c2nc3c(cc2F)CC(C(=O)O)=CN3C2CC2)C1. The Balaban J connectivity index is 1.65. The first-order valence-corrected chi connectivity index (χ1v) is 9.32. The number of pyridine rings is 1. The Hall–Kier alpha value is -2.15. The van der Waals surface area contributed by atoms with Gasteiger partial charge < -0.3 is 20.2 Å². The summed E-state index contributed by atoms with van der Waals surface area (Å²) >= 11 is 0. The normalized spacial score (nSPS) is 23.7. The number of carboxylic acids is 1. The highest BCUT2D eigenvalue weighted by molar-refractivity contribution is 5.89. The molecule has 2 N–H and O–H groups in total. The van der Waals surface area contributed by atoms with E-state index in [2.05, 4.69) is 17.2 Å². The molecule has 1 aliphatic carbocycles. The van der Waals surface area contributed by atoms with Gasteiger partial charge in [0.1, 0.15) is 5.82 Å². The molecule has 26 heavy (non-hydrogen) atoms. The predicted octanol–water partition coefficient (Wildman–Crippen LogP) is 2.15. The monoisotopic (exact) mass is 360 g/mol. The van der Waals surface area contributed by atoms with Gasteiger partial charge in [0.2, 0.25) is 0 Å². The highest BCUT2D eigenvalue weighted by atomic mass is 19.1. The maximum atomic E-state index is 14.8. The lowest BCUT2D eigenvalue weighted by Crippen LogP contribution is -2.33. The molecule has 1 aromatic rings. The molecule has 1 saturated heterocycles. The molecule has 0 spiro atoms. The van der Waals surface area contributed by atoms with Gasteiger partial charge in [-0.15, -0.1) is 0 Å². The molecule has 2 fully saturated rings. The van der Waals surface area contributed by atoms with Crippen LogP contribution in [0.5, 0.6) is 0 Å². The van der Waals surface area contributed by atoms with E-state index >= 15 is 0 Å². The van der Waals surface area contributed by atoms with Crippen molar-refractivity contribution < 1.29 is 14.3 Å². The third-order valence-electron chi connectivity index (χ3n) is 5.84. The van der Waals surface area contributed by atoms with E-state index in [0.29, 0.717) is 28.9 Å². The minimum Gasteiger partial charge on any atom is -0.478 e. The van der Waals surface area contributed by atoms with Crippen molar-refractivity contribution in [2.45, 2.75) is 44.7 Å².